The van der Waals surface area contributed by atoms with Crippen LogP contribution in [0.2, 0.25) is 0 Å². The van der Waals surface area contributed by atoms with Crippen LogP contribution >= 0.6 is 0 Å². The van der Waals surface area contributed by atoms with Gasteiger partial charge in [-0.05, 0) is 31.4 Å². The zero-order chi connectivity index (χ0) is 14.5. The Morgan fingerprint density at radius 3 is 2.16 bits per heavy atom. The molecule has 4 nitrogen and oxygen atoms in total. The molecule has 0 bridgehead atoms. The van der Waals surface area contributed by atoms with Crippen LogP contribution in [-0.4, -0.2) is 23.5 Å². The lowest BCUT2D eigenvalue weighted by atomic mass is 9.94. The number of hydrogen-bond acceptors (Lipinski definition) is 2. The molecule has 0 fully saturated rings. The summed E-state index contributed by atoms with van der Waals surface area (Å²) < 4.78 is 0. The number of carboxylic acids is 1. The Labute approximate surface area is 113 Å². The number of aliphatic carboxylic acids is 1. The molecular weight excluding hydrogens is 242 g/mol. The molecule has 2 N–H and O–H groups in total. The Hall–Kier alpha value is -1.84. The van der Waals surface area contributed by atoms with Gasteiger partial charge in [0.15, 0.2) is 0 Å². The third kappa shape index (κ3) is 4.73. The third-order valence-electron chi connectivity index (χ3n) is 3.10. The van der Waals surface area contributed by atoms with E-state index in [0.717, 1.165) is 12.0 Å². The topological polar surface area (TPSA) is 66.4 Å². The smallest absolute Gasteiger partial charge is 0.310 e. The molecule has 104 valence electrons. The number of benzene rings is 1. The molecule has 1 aromatic carbocycles. The Morgan fingerprint density at radius 1 is 1.16 bits per heavy atom. The second-order valence-electron chi connectivity index (χ2n) is 5.31. The molecule has 0 aromatic heterocycles. The highest BCUT2D eigenvalue weighted by molar-refractivity contribution is 5.80. The first-order valence-corrected chi connectivity index (χ1v) is 6.43. The fourth-order valence-electron chi connectivity index (χ4n) is 1.54. The molecule has 4 heteroatoms. The molecule has 0 saturated carbocycles. The van der Waals surface area contributed by atoms with Gasteiger partial charge >= 0.3 is 5.97 Å². The maximum absolute atomic E-state index is 11.7. The van der Waals surface area contributed by atoms with Crippen molar-refractivity contribution in [2.75, 3.05) is 6.54 Å². The predicted octanol–water partition coefficient (Wildman–Crippen LogP) is 2.02. The highest BCUT2D eigenvalue weighted by Crippen LogP contribution is 2.13. The van der Waals surface area contributed by atoms with E-state index in [1.54, 1.807) is 13.8 Å². The van der Waals surface area contributed by atoms with E-state index in [4.69, 9.17) is 5.11 Å². The van der Waals surface area contributed by atoms with Gasteiger partial charge in [0, 0.05) is 6.54 Å². The van der Waals surface area contributed by atoms with Crippen LogP contribution in [-0.2, 0) is 22.4 Å². The summed E-state index contributed by atoms with van der Waals surface area (Å²) in [5.41, 5.74) is 1.22. The second kappa shape index (κ2) is 6.36. The number of carbonyl (C=O) groups is 2. The maximum atomic E-state index is 11.7. The van der Waals surface area contributed by atoms with Gasteiger partial charge in [-0.3, -0.25) is 9.59 Å². The second-order valence-corrected chi connectivity index (χ2v) is 5.31. The third-order valence-corrected chi connectivity index (χ3v) is 3.10. The normalized spacial score (nSPS) is 11.1. The summed E-state index contributed by atoms with van der Waals surface area (Å²) in [6.45, 7) is 5.39. The zero-order valence-electron chi connectivity index (χ0n) is 11.7. The average molecular weight is 263 g/mol. The van der Waals surface area contributed by atoms with Crippen LogP contribution in [0.1, 0.15) is 31.9 Å². The molecule has 1 rings (SSSR count). The number of nitrogens with one attached hydrogen (secondary N) is 1. The van der Waals surface area contributed by atoms with E-state index >= 15 is 0 Å². The first-order valence-electron chi connectivity index (χ1n) is 6.43. The first-order chi connectivity index (χ1) is 8.85. The molecule has 0 unspecified atom stereocenters. The van der Waals surface area contributed by atoms with Crippen LogP contribution in [0, 0.1) is 5.41 Å². The Morgan fingerprint density at radius 2 is 1.68 bits per heavy atom. The van der Waals surface area contributed by atoms with Crippen molar-refractivity contribution in [2.45, 2.75) is 33.6 Å². The van der Waals surface area contributed by atoms with Gasteiger partial charge in [-0.1, -0.05) is 31.2 Å². The van der Waals surface area contributed by atoms with Gasteiger partial charge in [0.2, 0.25) is 5.91 Å². The number of aryl methyl sites for hydroxylation is 1. The Kier molecular flexibility index (Phi) is 5.10. The van der Waals surface area contributed by atoms with Crippen LogP contribution in [0.15, 0.2) is 24.3 Å². The summed E-state index contributed by atoms with van der Waals surface area (Å²) in [4.78, 5) is 22.6. The molecule has 0 saturated heterocycles. The molecule has 1 amide bonds. The molecular formula is C15H21NO3. The van der Waals surface area contributed by atoms with Crippen LogP contribution in [0.4, 0.5) is 0 Å². The minimum absolute atomic E-state index is 0.133. The van der Waals surface area contributed by atoms with Gasteiger partial charge in [-0.2, -0.15) is 0 Å². The number of rotatable bonds is 6. The minimum Gasteiger partial charge on any atom is -0.481 e. The van der Waals surface area contributed by atoms with E-state index in [1.165, 1.54) is 5.56 Å². The van der Waals surface area contributed by atoms with E-state index < -0.39 is 11.4 Å². The van der Waals surface area contributed by atoms with Gasteiger partial charge in [-0.15, -0.1) is 0 Å². The van der Waals surface area contributed by atoms with Gasteiger partial charge in [0.1, 0.15) is 0 Å². The molecule has 0 heterocycles. The minimum atomic E-state index is -0.943. The zero-order valence-corrected chi connectivity index (χ0v) is 11.7. The summed E-state index contributed by atoms with van der Waals surface area (Å²) in [7, 11) is 0. The fourth-order valence-corrected chi connectivity index (χ4v) is 1.54. The summed E-state index contributed by atoms with van der Waals surface area (Å²) in [6, 6.07) is 7.87. The Bertz CT molecular complexity index is 449. The predicted molar refractivity (Wildman–Crippen MR) is 74.0 cm³/mol. The van der Waals surface area contributed by atoms with E-state index in [-0.39, 0.29) is 18.9 Å². The summed E-state index contributed by atoms with van der Waals surface area (Å²) in [5, 5.41) is 11.6. The van der Waals surface area contributed by atoms with Crippen LogP contribution in [0.5, 0.6) is 0 Å². The lowest BCUT2D eigenvalue weighted by Gasteiger charge is -2.19. The van der Waals surface area contributed by atoms with Crippen molar-refractivity contribution in [1.82, 2.24) is 5.32 Å². The molecule has 0 spiro atoms. The van der Waals surface area contributed by atoms with Crippen LogP contribution < -0.4 is 5.32 Å². The van der Waals surface area contributed by atoms with Crippen LogP contribution in [0.3, 0.4) is 0 Å². The molecule has 0 aliphatic heterocycles. The van der Waals surface area contributed by atoms with E-state index in [2.05, 4.69) is 12.2 Å². The van der Waals surface area contributed by atoms with Crippen molar-refractivity contribution in [3.63, 3.8) is 0 Å². The largest absolute Gasteiger partial charge is 0.481 e. The summed E-state index contributed by atoms with van der Waals surface area (Å²) >= 11 is 0. The standard InChI is InChI=1S/C15H21NO3/c1-4-11-5-7-12(8-6-11)9-13(17)16-10-15(2,3)14(18)19/h5-8H,4,9-10H2,1-3H3,(H,16,17)(H,18,19). The van der Waals surface area contributed by atoms with Gasteiger partial charge < -0.3 is 10.4 Å². The molecule has 0 aliphatic carbocycles. The van der Waals surface area contributed by atoms with Crippen molar-refractivity contribution in [1.29, 1.82) is 0 Å². The van der Waals surface area contributed by atoms with Crippen molar-refractivity contribution in [3.05, 3.63) is 35.4 Å². The maximum Gasteiger partial charge on any atom is 0.310 e. The van der Waals surface area contributed by atoms with Crippen molar-refractivity contribution in [3.8, 4) is 0 Å². The lowest BCUT2D eigenvalue weighted by molar-refractivity contribution is -0.146. The van der Waals surface area contributed by atoms with E-state index in [1.807, 2.05) is 24.3 Å². The molecule has 0 atom stereocenters. The van der Waals surface area contributed by atoms with Crippen molar-refractivity contribution >= 4 is 11.9 Å². The monoisotopic (exact) mass is 263 g/mol. The SMILES string of the molecule is CCc1ccc(CC(=O)NCC(C)(C)C(=O)O)cc1. The van der Waals surface area contributed by atoms with Gasteiger partial charge in [0.25, 0.3) is 0 Å². The Balaban J connectivity index is 2.49. The number of carboxylic acid groups (broad SMARTS) is 1. The average Bonchev–Trinajstić information content (AvgIpc) is 2.37. The highest BCUT2D eigenvalue weighted by Gasteiger charge is 2.27. The lowest BCUT2D eigenvalue weighted by Crippen LogP contribution is -2.39. The van der Waals surface area contributed by atoms with Crippen LogP contribution in [0.25, 0.3) is 0 Å². The molecule has 19 heavy (non-hydrogen) atoms. The van der Waals surface area contributed by atoms with Gasteiger partial charge in [-0.25, -0.2) is 0 Å². The quantitative estimate of drug-likeness (QED) is 0.825. The first kappa shape index (κ1) is 15.2. The number of hydrogen-bond donors (Lipinski definition) is 2. The van der Waals surface area contributed by atoms with Gasteiger partial charge in [0.05, 0.1) is 11.8 Å². The van der Waals surface area contributed by atoms with Crippen molar-refractivity contribution < 1.29 is 14.7 Å². The molecule has 0 aliphatic rings. The van der Waals surface area contributed by atoms with Crippen molar-refractivity contribution in [2.24, 2.45) is 5.41 Å². The molecule has 0 radical (unpaired) electrons. The summed E-state index contributed by atoms with van der Waals surface area (Å²) in [6.07, 6.45) is 1.25. The summed E-state index contributed by atoms with van der Waals surface area (Å²) in [5.74, 6) is -1.07. The molecule has 1 aromatic rings. The van der Waals surface area contributed by atoms with E-state index in [0.29, 0.717) is 0 Å². The van der Waals surface area contributed by atoms with E-state index in [9.17, 15) is 9.59 Å². The fraction of sp³-hybridized carbons (Fsp3) is 0.467. The number of carbonyl (C=O) groups excluding carboxylic acids is 1. The highest BCUT2D eigenvalue weighted by atomic mass is 16.4. The number of amides is 1.